The molecular formula is C26H27N5O2. The van der Waals surface area contributed by atoms with E-state index in [1.807, 2.05) is 36.0 Å². The van der Waals surface area contributed by atoms with Gasteiger partial charge in [-0.1, -0.05) is 18.2 Å². The number of hydrogen-bond acceptors (Lipinski definition) is 6. The fourth-order valence-corrected chi connectivity index (χ4v) is 5.24. The van der Waals surface area contributed by atoms with Crippen LogP contribution in [-0.4, -0.2) is 62.3 Å². The molecule has 6 rings (SSSR count). The van der Waals surface area contributed by atoms with Crippen molar-refractivity contribution in [1.82, 2.24) is 24.9 Å². The van der Waals surface area contributed by atoms with Gasteiger partial charge in [0.1, 0.15) is 5.75 Å². The molecule has 0 spiro atoms. The second-order valence-corrected chi connectivity index (χ2v) is 9.17. The van der Waals surface area contributed by atoms with Gasteiger partial charge in [-0.15, -0.1) is 0 Å². The van der Waals surface area contributed by atoms with E-state index >= 15 is 0 Å². The molecule has 0 aliphatic carbocycles. The fourth-order valence-electron chi connectivity index (χ4n) is 5.24. The number of phenols is 1. The van der Waals surface area contributed by atoms with Crippen LogP contribution >= 0.6 is 0 Å². The van der Waals surface area contributed by atoms with Crippen molar-refractivity contribution in [2.24, 2.45) is 7.05 Å². The van der Waals surface area contributed by atoms with Gasteiger partial charge in [0.15, 0.2) is 0 Å². The highest BCUT2D eigenvalue weighted by Crippen LogP contribution is 2.37. The van der Waals surface area contributed by atoms with Crippen LogP contribution in [0.3, 0.4) is 0 Å². The molecule has 168 valence electrons. The third-order valence-corrected chi connectivity index (χ3v) is 7.05. The topological polar surface area (TPSA) is 76.3 Å². The molecule has 2 aromatic carbocycles. The molecule has 0 bridgehead atoms. The van der Waals surface area contributed by atoms with Crippen molar-refractivity contribution in [3.05, 3.63) is 72.1 Å². The molecule has 1 N–H and O–H groups in total. The lowest BCUT2D eigenvalue weighted by Gasteiger charge is -2.48. The second-order valence-electron chi connectivity index (χ2n) is 9.17. The van der Waals surface area contributed by atoms with E-state index in [9.17, 15) is 5.11 Å². The molecule has 0 radical (unpaired) electrons. The molecule has 0 saturated carbocycles. The van der Waals surface area contributed by atoms with Crippen LogP contribution in [0.15, 0.2) is 60.8 Å². The van der Waals surface area contributed by atoms with Crippen LogP contribution in [0, 0.1) is 0 Å². The zero-order valence-electron chi connectivity index (χ0n) is 18.6. The molecule has 2 fully saturated rings. The quantitative estimate of drug-likeness (QED) is 0.520. The Morgan fingerprint density at radius 2 is 1.91 bits per heavy atom. The number of phenolic OH excluding ortho intramolecular Hbond substituents is 1. The molecule has 2 unspecified atom stereocenters. The summed E-state index contributed by atoms with van der Waals surface area (Å²) in [6.07, 6.45) is 3.12. The third kappa shape index (κ3) is 3.77. The Balaban J connectivity index is 1.16. The van der Waals surface area contributed by atoms with Gasteiger partial charge in [-0.25, -0.2) is 0 Å². The Hall–Kier alpha value is -3.29. The van der Waals surface area contributed by atoms with Crippen LogP contribution in [0.4, 0.5) is 0 Å². The first kappa shape index (κ1) is 20.3. The Morgan fingerprint density at radius 3 is 2.73 bits per heavy atom. The number of para-hydroxylation sites is 1. The Bertz CT molecular complexity index is 1280. The maximum atomic E-state index is 10.1. The molecule has 2 aliphatic rings. The van der Waals surface area contributed by atoms with Gasteiger partial charge in [-0.2, -0.15) is 15.3 Å². The van der Waals surface area contributed by atoms with Gasteiger partial charge in [-0.3, -0.25) is 9.58 Å². The summed E-state index contributed by atoms with van der Waals surface area (Å²) in [5.74, 6) is 0.975. The van der Waals surface area contributed by atoms with Crippen LogP contribution in [-0.2, 0) is 11.8 Å². The first-order chi connectivity index (χ1) is 16.2. The number of nitrogens with zero attached hydrogens (tertiary/aromatic N) is 5. The molecular weight excluding hydrogens is 414 g/mol. The first-order valence-corrected chi connectivity index (χ1v) is 11.5. The third-order valence-electron chi connectivity index (χ3n) is 7.05. The summed E-state index contributed by atoms with van der Waals surface area (Å²) in [5, 5.41) is 24.6. The minimum atomic E-state index is 0.226. The van der Waals surface area contributed by atoms with E-state index in [4.69, 9.17) is 4.74 Å². The molecule has 0 amide bonds. The molecule has 2 atom stereocenters. The van der Waals surface area contributed by atoms with Gasteiger partial charge in [0, 0.05) is 61.8 Å². The zero-order valence-corrected chi connectivity index (χ0v) is 18.6. The number of ether oxygens (including phenoxy) is 1. The summed E-state index contributed by atoms with van der Waals surface area (Å²) in [5.41, 5.74) is 4.79. The number of aromatic hydroxyl groups is 1. The highest BCUT2D eigenvalue weighted by atomic mass is 16.5. The van der Waals surface area contributed by atoms with Crippen molar-refractivity contribution in [3.63, 3.8) is 0 Å². The summed E-state index contributed by atoms with van der Waals surface area (Å²) in [6, 6.07) is 18.3. The number of rotatable bonds is 4. The molecule has 4 aromatic rings. The standard InChI is InChI=1S/C26H27N5O2/c1-30-13-18-12-17(6-7-23(18)29-30)21-16-33-11-10-25(21)31-14-19(15-31)22-8-9-24(28-27-22)20-4-2-3-5-26(20)32/h2-9,12-13,19,21,25,32H,10-11,14-16H2,1H3. The lowest BCUT2D eigenvalue weighted by atomic mass is 9.83. The van der Waals surface area contributed by atoms with Crippen LogP contribution in [0.2, 0.25) is 0 Å². The van der Waals surface area contributed by atoms with E-state index in [1.54, 1.807) is 6.07 Å². The summed E-state index contributed by atoms with van der Waals surface area (Å²) < 4.78 is 7.76. The van der Waals surface area contributed by atoms with Crippen LogP contribution in [0.1, 0.15) is 29.5 Å². The van der Waals surface area contributed by atoms with Crippen molar-refractivity contribution in [1.29, 1.82) is 0 Å². The monoisotopic (exact) mass is 441 g/mol. The molecule has 2 aliphatic heterocycles. The number of aromatic nitrogens is 4. The Morgan fingerprint density at radius 1 is 1.03 bits per heavy atom. The number of aryl methyl sites for hydroxylation is 1. The average Bonchev–Trinajstić information content (AvgIpc) is 3.18. The Labute approximate surface area is 192 Å². The lowest BCUT2D eigenvalue weighted by Crippen LogP contribution is -2.55. The van der Waals surface area contributed by atoms with Gasteiger partial charge in [0.05, 0.1) is 23.5 Å². The van der Waals surface area contributed by atoms with Gasteiger partial charge in [0.25, 0.3) is 0 Å². The minimum Gasteiger partial charge on any atom is -0.507 e. The molecule has 7 heteroatoms. The molecule has 7 nitrogen and oxygen atoms in total. The second kappa shape index (κ2) is 8.24. The summed E-state index contributed by atoms with van der Waals surface area (Å²) >= 11 is 0. The normalized spacial score (nSPS) is 21.8. The van der Waals surface area contributed by atoms with Crippen molar-refractivity contribution in [3.8, 4) is 17.0 Å². The summed E-state index contributed by atoms with van der Waals surface area (Å²) in [4.78, 5) is 2.57. The maximum Gasteiger partial charge on any atom is 0.125 e. The zero-order chi connectivity index (χ0) is 22.4. The highest BCUT2D eigenvalue weighted by Gasteiger charge is 2.39. The van der Waals surface area contributed by atoms with E-state index in [-0.39, 0.29) is 5.75 Å². The smallest absolute Gasteiger partial charge is 0.125 e. The van der Waals surface area contributed by atoms with Crippen molar-refractivity contribution in [2.75, 3.05) is 26.3 Å². The predicted molar refractivity (Wildman–Crippen MR) is 126 cm³/mol. The van der Waals surface area contributed by atoms with E-state index in [0.29, 0.717) is 29.1 Å². The van der Waals surface area contributed by atoms with Crippen molar-refractivity contribution >= 4 is 10.9 Å². The van der Waals surface area contributed by atoms with E-state index in [2.05, 4.69) is 50.7 Å². The number of hydrogen-bond donors (Lipinski definition) is 1. The van der Waals surface area contributed by atoms with Gasteiger partial charge >= 0.3 is 0 Å². The minimum absolute atomic E-state index is 0.226. The van der Waals surface area contributed by atoms with Gasteiger partial charge < -0.3 is 9.84 Å². The van der Waals surface area contributed by atoms with Crippen LogP contribution in [0.25, 0.3) is 22.2 Å². The van der Waals surface area contributed by atoms with Crippen molar-refractivity contribution < 1.29 is 9.84 Å². The predicted octanol–water partition coefficient (Wildman–Crippen LogP) is 3.71. The SMILES string of the molecule is Cn1cc2cc(C3COCCC3N3CC(c4ccc(-c5ccccc5O)nn4)C3)ccc2n1. The maximum absolute atomic E-state index is 10.1. The van der Waals surface area contributed by atoms with E-state index in [1.165, 1.54) is 10.9 Å². The number of likely N-dealkylation sites (tertiary alicyclic amines) is 1. The number of fused-ring (bicyclic) bond motifs is 1. The van der Waals surface area contributed by atoms with Crippen LogP contribution < -0.4 is 0 Å². The summed E-state index contributed by atoms with van der Waals surface area (Å²) in [7, 11) is 1.96. The lowest BCUT2D eigenvalue weighted by molar-refractivity contribution is -0.0155. The van der Waals surface area contributed by atoms with Crippen molar-refractivity contribution in [2.45, 2.75) is 24.3 Å². The fraction of sp³-hybridized carbons (Fsp3) is 0.346. The molecule has 4 heterocycles. The summed E-state index contributed by atoms with van der Waals surface area (Å²) in [6.45, 7) is 3.54. The molecule has 2 saturated heterocycles. The molecule has 33 heavy (non-hydrogen) atoms. The molecule has 2 aromatic heterocycles. The Kier molecular flexibility index (Phi) is 5.08. The number of benzene rings is 2. The largest absolute Gasteiger partial charge is 0.507 e. The van der Waals surface area contributed by atoms with Gasteiger partial charge in [0.2, 0.25) is 0 Å². The van der Waals surface area contributed by atoms with E-state index < -0.39 is 0 Å². The highest BCUT2D eigenvalue weighted by molar-refractivity contribution is 5.79. The van der Waals surface area contributed by atoms with E-state index in [0.717, 1.165) is 43.9 Å². The first-order valence-electron chi connectivity index (χ1n) is 11.5. The average molecular weight is 442 g/mol. The van der Waals surface area contributed by atoms with Crippen LogP contribution in [0.5, 0.6) is 5.75 Å². The van der Waals surface area contributed by atoms with Gasteiger partial charge in [-0.05, 0) is 48.4 Å².